The minimum absolute atomic E-state index is 0.0584. The molecule has 3 aromatic carbocycles. The summed E-state index contributed by atoms with van der Waals surface area (Å²) in [5.74, 6) is 0.859. The van der Waals surface area contributed by atoms with Gasteiger partial charge < -0.3 is 9.40 Å². The molecule has 0 radical (unpaired) electrons. The Kier molecular flexibility index (Phi) is 5.36. The molecule has 4 heterocycles. The Labute approximate surface area is 238 Å². The molecule has 0 atom stereocenters. The van der Waals surface area contributed by atoms with E-state index in [0.717, 1.165) is 39.3 Å². The second-order valence-corrected chi connectivity index (χ2v) is 13.0. The standard InChI is InChI=1S/C36H33N3O2/c1-35(2,3)21-18-25(37-31(19-21)39-27-14-9-7-12-22(27)23-13-8-10-15-28(23)39)26-20-24(36(4,5)6)34-33(38-26)32-29(40)16-11-17-30(32)41-34/h7-20,38H,1-6H3. The van der Waals surface area contributed by atoms with Gasteiger partial charge in [-0.3, -0.25) is 9.36 Å². The molecule has 4 aromatic heterocycles. The van der Waals surface area contributed by atoms with Crippen molar-refractivity contribution in [2.75, 3.05) is 0 Å². The SMILES string of the molecule is CC(C)(C)c1cc(-c2cc(C(C)(C)C)c3oc4cccc(=O)c4c3[nH]2)nc(-n2c3ccccc3c3ccccc32)c1. The van der Waals surface area contributed by atoms with Crippen LogP contribution in [0.1, 0.15) is 52.7 Å². The Balaban J connectivity index is 1.58. The molecule has 5 nitrogen and oxygen atoms in total. The lowest BCUT2D eigenvalue weighted by molar-refractivity contribution is 0.572. The van der Waals surface area contributed by atoms with Crippen LogP contribution in [0.25, 0.3) is 61.1 Å². The fourth-order valence-electron chi connectivity index (χ4n) is 5.87. The van der Waals surface area contributed by atoms with Crippen LogP contribution in [0.2, 0.25) is 0 Å². The summed E-state index contributed by atoms with van der Waals surface area (Å²) in [5, 5.41) is 2.97. The number of hydrogen-bond donors (Lipinski definition) is 1. The molecule has 0 amide bonds. The fraction of sp³-hybridized carbons (Fsp3) is 0.222. The van der Waals surface area contributed by atoms with Crippen molar-refractivity contribution >= 4 is 43.9 Å². The third-order valence-corrected chi connectivity index (χ3v) is 8.04. The summed E-state index contributed by atoms with van der Waals surface area (Å²) in [6.45, 7) is 13.2. The maximum atomic E-state index is 13.0. The van der Waals surface area contributed by atoms with Gasteiger partial charge in [-0.15, -0.1) is 0 Å². The molecule has 1 N–H and O–H groups in total. The van der Waals surface area contributed by atoms with Gasteiger partial charge in [0.05, 0.1) is 33.3 Å². The van der Waals surface area contributed by atoms with Crippen LogP contribution in [-0.4, -0.2) is 14.5 Å². The van der Waals surface area contributed by atoms with Crippen molar-refractivity contribution in [1.29, 1.82) is 0 Å². The summed E-state index contributed by atoms with van der Waals surface area (Å²) in [5.41, 5.74) is 7.72. The van der Waals surface area contributed by atoms with E-state index in [-0.39, 0.29) is 16.3 Å². The van der Waals surface area contributed by atoms with Gasteiger partial charge in [0.1, 0.15) is 11.4 Å². The quantitative estimate of drug-likeness (QED) is 0.238. The number of furan rings is 1. The largest absolute Gasteiger partial charge is 0.454 e. The number of H-pyrrole nitrogens is 1. The van der Waals surface area contributed by atoms with Gasteiger partial charge >= 0.3 is 0 Å². The number of hydrogen-bond acceptors (Lipinski definition) is 3. The molecule has 0 saturated heterocycles. The fourth-order valence-corrected chi connectivity index (χ4v) is 5.87. The lowest BCUT2D eigenvalue weighted by Crippen LogP contribution is -2.14. The molecule has 0 aliphatic heterocycles. The summed E-state index contributed by atoms with van der Waals surface area (Å²) in [4.78, 5) is 21.9. The van der Waals surface area contributed by atoms with Crippen molar-refractivity contribution < 1.29 is 4.42 Å². The first kappa shape index (κ1) is 25.3. The topological polar surface area (TPSA) is 63.8 Å². The summed E-state index contributed by atoms with van der Waals surface area (Å²) >= 11 is 0. The Morgan fingerprint density at radius 3 is 2.05 bits per heavy atom. The van der Waals surface area contributed by atoms with E-state index in [0.29, 0.717) is 16.6 Å². The second-order valence-electron chi connectivity index (χ2n) is 13.0. The molecule has 5 heteroatoms. The van der Waals surface area contributed by atoms with Gasteiger partial charge in [-0.1, -0.05) is 84.0 Å². The molecule has 41 heavy (non-hydrogen) atoms. The predicted molar refractivity (Wildman–Crippen MR) is 169 cm³/mol. The van der Waals surface area contributed by atoms with E-state index in [1.165, 1.54) is 16.3 Å². The zero-order valence-corrected chi connectivity index (χ0v) is 24.3. The summed E-state index contributed by atoms with van der Waals surface area (Å²) in [6.07, 6.45) is 0. The van der Waals surface area contributed by atoms with Gasteiger partial charge in [0.15, 0.2) is 11.0 Å². The van der Waals surface area contributed by atoms with Gasteiger partial charge in [0.2, 0.25) is 0 Å². The number of pyridine rings is 2. The van der Waals surface area contributed by atoms with Crippen LogP contribution in [0.4, 0.5) is 0 Å². The number of fused-ring (bicyclic) bond motifs is 6. The number of aromatic amines is 1. The van der Waals surface area contributed by atoms with Gasteiger partial charge in [-0.25, -0.2) is 4.98 Å². The van der Waals surface area contributed by atoms with Gasteiger partial charge in [0.25, 0.3) is 0 Å². The first-order valence-electron chi connectivity index (χ1n) is 14.1. The highest BCUT2D eigenvalue weighted by atomic mass is 16.3. The van der Waals surface area contributed by atoms with Crippen LogP contribution in [0.15, 0.2) is 94.1 Å². The average Bonchev–Trinajstić information content (AvgIpc) is 3.48. The van der Waals surface area contributed by atoms with E-state index in [4.69, 9.17) is 9.40 Å². The van der Waals surface area contributed by atoms with Gasteiger partial charge in [-0.2, -0.15) is 0 Å². The molecule has 0 fully saturated rings. The Hall–Kier alpha value is -4.64. The number of nitrogens with zero attached hydrogens (tertiary/aromatic N) is 2. The molecule has 0 spiro atoms. The van der Waals surface area contributed by atoms with Gasteiger partial charge in [-0.05, 0) is 58.9 Å². The van der Waals surface area contributed by atoms with Crippen molar-refractivity contribution in [1.82, 2.24) is 14.5 Å². The van der Waals surface area contributed by atoms with E-state index in [1.807, 2.05) is 6.07 Å². The first-order valence-corrected chi connectivity index (χ1v) is 14.1. The highest BCUT2D eigenvalue weighted by Gasteiger charge is 2.25. The maximum Gasteiger partial charge on any atom is 0.191 e. The molecular weight excluding hydrogens is 506 g/mol. The summed E-state index contributed by atoms with van der Waals surface area (Å²) < 4.78 is 8.54. The third-order valence-electron chi connectivity index (χ3n) is 8.04. The van der Waals surface area contributed by atoms with E-state index in [1.54, 1.807) is 12.1 Å². The van der Waals surface area contributed by atoms with Gasteiger partial charge in [0, 0.05) is 16.3 Å². The summed E-state index contributed by atoms with van der Waals surface area (Å²) in [6, 6.07) is 28.7. The zero-order chi connectivity index (χ0) is 28.7. The molecule has 7 aromatic rings. The maximum absolute atomic E-state index is 13.0. The van der Waals surface area contributed by atoms with Crippen molar-refractivity contribution in [3.8, 4) is 17.2 Å². The first-order chi connectivity index (χ1) is 19.5. The third kappa shape index (κ3) is 3.99. The number of rotatable bonds is 2. The minimum atomic E-state index is -0.226. The molecule has 7 rings (SSSR count). The molecule has 204 valence electrons. The Bertz CT molecular complexity index is 2140. The predicted octanol–water partition coefficient (Wildman–Crippen LogP) is 9.03. The average molecular weight is 540 g/mol. The smallest absolute Gasteiger partial charge is 0.191 e. The van der Waals surface area contributed by atoms with Crippen LogP contribution in [0.5, 0.6) is 0 Å². The molecular formula is C36H33N3O2. The second kappa shape index (κ2) is 8.68. The number of aromatic nitrogens is 3. The number of para-hydroxylation sites is 2. The highest BCUT2D eigenvalue weighted by Crippen LogP contribution is 2.38. The van der Waals surface area contributed by atoms with Crippen molar-refractivity contribution in [2.24, 2.45) is 0 Å². The minimum Gasteiger partial charge on any atom is -0.454 e. The van der Waals surface area contributed by atoms with Crippen LogP contribution in [0, 0.1) is 0 Å². The van der Waals surface area contributed by atoms with Crippen molar-refractivity contribution in [3.05, 3.63) is 106 Å². The normalized spacial score (nSPS) is 12.7. The van der Waals surface area contributed by atoms with E-state index in [2.05, 4.69) is 118 Å². The van der Waals surface area contributed by atoms with E-state index >= 15 is 0 Å². The number of benzene rings is 3. The van der Waals surface area contributed by atoms with Crippen molar-refractivity contribution in [2.45, 2.75) is 52.4 Å². The van der Waals surface area contributed by atoms with Crippen LogP contribution in [-0.2, 0) is 10.8 Å². The zero-order valence-electron chi connectivity index (χ0n) is 24.3. The molecule has 0 aliphatic rings. The monoisotopic (exact) mass is 539 g/mol. The Morgan fingerprint density at radius 1 is 0.756 bits per heavy atom. The van der Waals surface area contributed by atoms with Crippen molar-refractivity contribution in [3.63, 3.8) is 0 Å². The highest BCUT2D eigenvalue weighted by molar-refractivity contribution is 6.09. The van der Waals surface area contributed by atoms with Crippen LogP contribution < -0.4 is 5.43 Å². The summed E-state index contributed by atoms with van der Waals surface area (Å²) in [7, 11) is 0. The van der Waals surface area contributed by atoms with E-state index in [9.17, 15) is 4.79 Å². The molecule has 0 unspecified atom stereocenters. The van der Waals surface area contributed by atoms with Crippen LogP contribution in [0.3, 0.4) is 0 Å². The lowest BCUT2D eigenvalue weighted by Gasteiger charge is -2.23. The molecule has 0 aliphatic carbocycles. The number of nitrogens with one attached hydrogen (secondary N) is 1. The van der Waals surface area contributed by atoms with E-state index < -0.39 is 0 Å². The lowest BCUT2D eigenvalue weighted by atomic mass is 9.85. The Morgan fingerprint density at radius 2 is 1.41 bits per heavy atom. The van der Waals surface area contributed by atoms with Crippen LogP contribution >= 0.6 is 0 Å². The molecule has 0 bridgehead atoms. The molecule has 0 saturated carbocycles.